The van der Waals surface area contributed by atoms with Gasteiger partial charge in [-0.3, -0.25) is 4.79 Å². The number of carbonyl (C=O) groups excluding carboxylic acids is 1. The number of carbonyl (C=O) groups is 2. The molecule has 0 spiro atoms. The van der Waals surface area contributed by atoms with Crippen molar-refractivity contribution < 1.29 is 14.7 Å². The zero-order valence-corrected chi connectivity index (χ0v) is 14.3. The molecule has 130 valence electrons. The fourth-order valence-corrected chi connectivity index (χ4v) is 3.76. The molecule has 26 heavy (non-hydrogen) atoms. The van der Waals surface area contributed by atoms with E-state index in [0.29, 0.717) is 5.69 Å². The van der Waals surface area contributed by atoms with Crippen molar-refractivity contribution >= 4 is 17.6 Å². The Morgan fingerprint density at radius 2 is 1.58 bits per heavy atom. The molecule has 3 aromatic rings. The summed E-state index contributed by atoms with van der Waals surface area (Å²) in [6.07, 6.45) is 1.89. The highest BCUT2D eigenvalue weighted by atomic mass is 16.4. The fraction of sp³-hybridized carbons (Fsp3) is 0.143. The molecule has 0 aliphatic heterocycles. The lowest BCUT2D eigenvalue weighted by Gasteiger charge is -2.13. The molecule has 1 aromatic heterocycles. The van der Waals surface area contributed by atoms with E-state index in [1.807, 2.05) is 24.3 Å². The molecule has 2 aromatic carbocycles. The van der Waals surface area contributed by atoms with Crippen LogP contribution in [0.15, 0.2) is 60.8 Å². The minimum absolute atomic E-state index is 0.0283. The molecule has 1 amide bonds. The summed E-state index contributed by atoms with van der Waals surface area (Å²) in [6, 6.07) is 17.8. The Labute approximate surface area is 150 Å². The third-order valence-corrected chi connectivity index (χ3v) is 4.90. The first-order chi connectivity index (χ1) is 12.6. The van der Waals surface area contributed by atoms with Gasteiger partial charge in [-0.1, -0.05) is 48.5 Å². The van der Waals surface area contributed by atoms with Gasteiger partial charge >= 0.3 is 5.97 Å². The first-order valence-corrected chi connectivity index (χ1v) is 8.43. The van der Waals surface area contributed by atoms with Crippen molar-refractivity contribution in [3.05, 3.63) is 77.6 Å². The van der Waals surface area contributed by atoms with Crippen molar-refractivity contribution in [2.45, 2.75) is 12.3 Å². The van der Waals surface area contributed by atoms with Gasteiger partial charge in [-0.2, -0.15) is 0 Å². The van der Waals surface area contributed by atoms with Crippen LogP contribution in [-0.2, 0) is 11.8 Å². The molecule has 5 heteroatoms. The molecule has 0 fully saturated rings. The van der Waals surface area contributed by atoms with Crippen molar-refractivity contribution in [2.24, 2.45) is 7.05 Å². The number of carboxylic acid groups (broad SMARTS) is 1. The Kier molecular flexibility index (Phi) is 3.84. The Bertz CT molecular complexity index is 974. The molecule has 0 unspecified atom stereocenters. The zero-order chi connectivity index (χ0) is 18.3. The van der Waals surface area contributed by atoms with Crippen molar-refractivity contribution in [3.8, 4) is 11.1 Å². The summed E-state index contributed by atoms with van der Waals surface area (Å²) in [5, 5.41) is 12.1. The fourth-order valence-electron chi connectivity index (χ4n) is 3.76. The number of aromatic carboxylic acids is 1. The van der Waals surface area contributed by atoms with Gasteiger partial charge in [-0.25, -0.2) is 4.79 Å². The van der Waals surface area contributed by atoms with Gasteiger partial charge in [0, 0.05) is 25.6 Å². The van der Waals surface area contributed by atoms with Gasteiger partial charge in [0.2, 0.25) is 5.91 Å². The number of nitrogens with zero attached hydrogens (tertiary/aromatic N) is 1. The van der Waals surface area contributed by atoms with Gasteiger partial charge in [0.25, 0.3) is 0 Å². The first kappa shape index (κ1) is 16.1. The van der Waals surface area contributed by atoms with Crippen LogP contribution in [0.25, 0.3) is 11.1 Å². The number of benzene rings is 2. The predicted octanol–water partition coefficient (Wildman–Crippen LogP) is 3.86. The quantitative estimate of drug-likeness (QED) is 0.753. The second-order valence-corrected chi connectivity index (χ2v) is 6.47. The highest BCUT2D eigenvalue weighted by molar-refractivity contribution is 6.00. The monoisotopic (exact) mass is 346 g/mol. The molecule has 1 heterocycles. The summed E-state index contributed by atoms with van der Waals surface area (Å²) in [6.45, 7) is 0. The maximum absolute atomic E-state index is 12.7. The van der Waals surface area contributed by atoms with Crippen LogP contribution in [-0.4, -0.2) is 21.6 Å². The van der Waals surface area contributed by atoms with Gasteiger partial charge in [-0.15, -0.1) is 0 Å². The maximum Gasteiger partial charge on any atom is 0.354 e. The molecule has 5 nitrogen and oxygen atoms in total. The normalized spacial score (nSPS) is 12.5. The number of aryl methyl sites for hydroxylation is 1. The Balaban J connectivity index is 1.62. The molecule has 0 atom stereocenters. The van der Waals surface area contributed by atoms with E-state index < -0.39 is 5.97 Å². The zero-order valence-electron chi connectivity index (χ0n) is 14.3. The SMILES string of the molecule is Cn1ccc(NC(=O)CC2c3ccccc3-c3ccccc32)c1C(=O)O. The highest BCUT2D eigenvalue weighted by Gasteiger charge is 2.30. The third kappa shape index (κ3) is 2.58. The van der Waals surface area contributed by atoms with E-state index in [1.165, 1.54) is 4.57 Å². The van der Waals surface area contributed by atoms with E-state index in [4.69, 9.17) is 0 Å². The molecule has 0 radical (unpaired) electrons. The largest absolute Gasteiger partial charge is 0.477 e. The van der Waals surface area contributed by atoms with E-state index in [9.17, 15) is 14.7 Å². The van der Waals surface area contributed by atoms with Crippen LogP contribution in [0.1, 0.15) is 34.0 Å². The smallest absolute Gasteiger partial charge is 0.354 e. The summed E-state index contributed by atoms with van der Waals surface area (Å²) in [5.74, 6) is -1.29. The van der Waals surface area contributed by atoms with Gasteiger partial charge < -0.3 is 15.0 Å². The van der Waals surface area contributed by atoms with Crippen molar-refractivity contribution in [1.82, 2.24) is 4.57 Å². The van der Waals surface area contributed by atoms with Crippen LogP contribution in [0.5, 0.6) is 0 Å². The average Bonchev–Trinajstić information content (AvgIpc) is 3.14. The molecule has 0 saturated heterocycles. The lowest BCUT2D eigenvalue weighted by atomic mass is 9.93. The molecular weight excluding hydrogens is 328 g/mol. The van der Waals surface area contributed by atoms with Gasteiger partial charge in [0.15, 0.2) is 5.69 Å². The number of amides is 1. The van der Waals surface area contributed by atoms with Gasteiger partial charge in [0.05, 0.1) is 5.69 Å². The minimum atomic E-state index is -1.07. The number of nitrogens with one attached hydrogen (secondary N) is 1. The van der Waals surface area contributed by atoms with E-state index >= 15 is 0 Å². The Morgan fingerprint density at radius 3 is 2.15 bits per heavy atom. The summed E-state index contributed by atoms with van der Waals surface area (Å²) < 4.78 is 1.48. The highest BCUT2D eigenvalue weighted by Crippen LogP contribution is 2.46. The minimum Gasteiger partial charge on any atom is -0.477 e. The van der Waals surface area contributed by atoms with E-state index in [2.05, 4.69) is 29.6 Å². The second kappa shape index (κ2) is 6.19. The van der Waals surface area contributed by atoms with Crippen molar-refractivity contribution in [2.75, 3.05) is 5.32 Å². The van der Waals surface area contributed by atoms with Crippen LogP contribution in [0.3, 0.4) is 0 Å². The standard InChI is InChI=1S/C21H18N2O3/c1-23-11-10-18(20(23)21(25)26)22-19(24)12-17-15-8-4-2-6-13(15)14-7-3-5-9-16(14)17/h2-11,17H,12H2,1H3,(H,22,24)(H,25,26). The maximum atomic E-state index is 12.7. The summed E-state index contributed by atoms with van der Waals surface area (Å²) in [7, 11) is 1.64. The summed E-state index contributed by atoms with van der Waals surface area (Å²) in [5.41, 5.74) is 4.99. The predicted molar refractivity (Wildman–Crippen MR) is 99.3 cm³/mol. The summed E-state index contributed by atoms with van der Waals surface area (Å²) in [4.78, 5) is 24.0. The van der Waals surface area contributed by atoms with E-state index in [1.54, 1.807) is 19.3 Å². The molecule has 0 bridgehead atoms. The molecule has 2 N–H and O–H groups in total. The first-order valence-electron chi connectivity index (χ1n) is 8.43. The third-order valence-electron chi connectivity index (χ3n) is 4.90. The Morgan fingerprint density at radius 1 is 1.00 bits per heavy atom. The van der Waals surface area contributed by atoms with Crippen LogP contribution >= 0.6 is 0 Å². The topological polar surface area (TPSA) is 71.3 Å². The van der Waals surface area contributed by atoms with Crippen LogP contribution in [0.2, 0.25) is 0 Å². The lowest BCUT2D eigenvalue weighted by Crippen LogP contribution is -2.17. The van der Waals surface area contributed by atoms with E-state index in [-0.39, 0.29) is 23.9 Å². The van der Waals surface area contributed by atoms with E-state index in [0.717, 1.165) is 22.3 Å². The van der Waals surface area contributed by atoms with Gasteiger partial charge in [0.1, 0.15) is 0 Å². The number of aromatic nitrogens is 1. The van der Waals surface area contributed by atoms with Crippen LogP contribution in [0.4, 0.5) is 5.69 Å². The number of carboxylic acids is 1. The van der Waals surface area contributed by atoms with Crippen molar-refractivity contribution in [1.29, 1.82) is 0 Å². The molecule has 4 rings (SSSR count). The van der Waals surface area contributed by atoms with Crippen LogP contribution < -0.4 is 5.32 Å². The molecule has 0 saturated carbocycles. The lowest BCUT2D eigenvalue weighted by molar-refractivity contribution is -0.116. The number of hydrogen-bond acceptors (Lipinski definition) is 2. The molecule has 1 aliphatic rings. The van der Waals surface area contributed by atoms with Crippen molar-refractivity contribution in [3.63, 3.8) is 0 Å². The number of anilines is 1. The number of hydrogen-bond donors (Lipinski definition) is 2. The van der Waals surface area contributed by atoms with Crippen LogP contribution in [0, 0.1) is 0 Å². The van der Waals surface area contributed by atoms with Gasteiger partial charge in [-0.05, 0) is 28.3 Å². The number of rotatable bonds is 4. The average molecular weight is 346 g/mol. The summed E-state index contributed by atoms with van der Waals surface area (Å²) >= 11 is 0. The molecule has 1 aliphatic carbocycles. The molecular formula is C21H18N2O3. The second-order valence-electron chi connectivity index (χ2n) is 6.47. The Hall–Kier alpha value is -3.34. The number of fused-ring (bicyclic) bond motifs is 3.